The molecule has 0 aromatic carbocycles. The summed E-state index contributed by atoms with van der Waals surface area (Å²) in [5.41, 5.74) is 0.294. The van der Waals surface area contributed by atoms with Crippen molar-refractivity contribution in [3.8, 4) is 0 Å². The third-order valence-corrected chi connectivity index (χ3v) is 3.16. The average molecular weight is 293 g/mol. The molecule has 0 saturated carbocycles. The number of nitrogens with zero attached hydrogens (tertiary/aromatic N) is 2. The minimum absolute atomic E-state index is 0.294. The average Bonchev–Trinajstić information content (AvgIpc) is 2.48. The molecule has 1 aliphatic rings. The summed E-state index contributed by atoms with van der Waals surface area (Å²) in [5, 5.41) is 11.6. The molecule has 2 rings (SSSR count). The number of aliphatic carboxylic acids is 1. The predicted molar refractivity (Wildman–Crippen MR) is 72.0 cm³/mol. The second-order valence-corrected chi connectivity index (χ2v) is 4.49. The molecule has 1 aliphatic heterocycles. The number of carbonyl (C=O) groups excluding carboxylic acids is 2. The number of aromatic nitrogens is 1. The molecule has 21 heavy (non-hydrogen) atoms. The van der Waals surface area contributed by atoms with Gasteiger partial charge >= 0.3 is 11.9 Å². The monoisotopic (exact) mass is 293 g/mol. The predicted octanol–water partition coefficient (Wildman–Crippen LogP) is -0.352. The SMILES string of the molecule is COC(=O)c1ccnc(N2CCNC(=O)C2CC(=O)O)c1. The fraction of sp³-hybridized carbons (Fsp3) is 0.385. The summed E-state index contributed by atoms with van der Waals surface area (Å²) in [6.07, 6.45) is 1.09. The van der Waals surface area contributed by atoms with Gasteiger partial charge in [0.1, 0.15) is 11.9 Å². The molecule has 1 amide bonds. The van der Waals surface area contributed by atoms with Crippen LogP contribution in [-0.4, -0.2) is 54.2 Å². The lowest BCUT2D eigenvalue weighted by Gasteiger charge is -2.35. The zero-order valence-electron chi connectivity index (χ0n) is 11.4. The van der Waals surface area contributed by atoms with E-state index in [1.165, 1.54) is 25.4 Å². The Morgan fingerprint density at radius 3 is 3.00 bits per heavy atom. The molecule has 2 heterocycles. The van der Waals surface area contributed by atoms with Crippen LogP contribution in [0.5, 0.6) is 0 Å². The Labute approximate surface area is 120 Å². The van der Waals surface area contributed by atoms with Crippen molar-refractivity contribution in [1.82, 2.24) is 10.3 Å². The molecular formula is C13H15N3O5. The van der Waals surface area contributed by atoms with Crippen molar-refractivity contribution in [3.05, 3.63) is 23.9 Å². The summed E-state index contributed by atoms with van der Waals surface area (Å²) in [4.78, 5) is 40.0. The first-order valence-electron chi connectivity index (χ1n) is 6.33. The van der Waals surface area contributed by atoms with E-state index in [1.54, 1.807) is 4.90 Å². The number of rotatable bonds is 4. The Balaban J connectivity index is 2.31. The van der Waals surface area contributed by atoms with Crippen LogP contribution in [0.4, 0.5) is 5.82 Å². The first-order valence-corrected chi connectivity index (χ1v) is 6.33. The molecule has 8 heteroatoms. The molecule has 1 unspecified atom stereocenters. The number of carboxylic acid groups (broad SMARTS) is 1. The Hall–Kier alpha value is -2.64. The molecule has 112 valence electrons. The van der Waals surface area contributed by atoms with Crippen molar-refractivity contribution in [3.63, 3.8) is 0 Å². The molecule has 8 nitrogen and oxygen atoms in total. The number of esters is 1. The van der Waals surface area contributed by atoms with Gasteiger partial charge in [-0.3, -0.25) is 9.59 Å². The van der Waals surface area contributed by atoms with Crippen LogP contribution in [0.1, 0.15) is 16.8 Å². The largest absolute Gasteiger partial charge is 0.481 e. The standard InChI is InChI=1S/C13H15N3O5/c1-21-13(20)8-2-3-14-10(6-8)16-5-4-15-12(19)9(16)7-11(17)18/h2-3,6,9H,4-5,7H2,1H3,(H,15,19)(H,17,18). The second-order valence-electron chi connectivity index (χ2n) is 4.49. The molecule has 2 N–H and O–H groups in total. The van der Waals surface area contributed by atoms with Crippen molar-refractivity contribution in [1.29, 1.82) is 0 Å². The molecule has 1 fully saturated rings. The number of hydrogen-bond donors (Lipinski definition) is 2. The van der Waals surface area contributed by atoms with Gasteiger partial charge in [-0.15, -0.1) is 0 Å². The van der Waals surface area contributed by atoms with Gasteiger partial charge in [-0.05, 0) is 12.1 Å². The quantitative estimate of drug-likeness (QED) is 0.730. The van der Waals surface area contributed by atoms with Gasteiger partial charge in [-0.25, -0.2) is 9.78 Å². The number of carboxylic acids is 1. The number of methoxy groups -OCH3 is 1. The van der Waals surface area contributed by atoms with Crippen molar-refractivity contribution in [2.45, 2.75) is 12.5 Å². The molecular weight excluding hydrogens is 278 g/mol. The van der Waals surface area contributed by atoms with Gasteiger partial charge in [0.25, 0.3) is 0 Å². The highest BCUT2D eigenvalue weighted by Crippen LogP contribution is 2.19. The lowest BCUT2D eigenvalue weighted by atomic mass is 10.1. The lowest BCUT2D eigenvalue weighted by Crippen LogP contribution is -2.56. The first kappa shape index (κ1) is 14.8. The van der Waals surface area contributed by atoms with E-state index >= 15 is 0 Å². The maximum absolute atomic E-state index is 11.9. The highest BCUT2D eigenvalue weighted by atomic mass is 16.5. The van der Waals surface area contributed by atoms with Gasteiger partial charge in [0.15, 0.2) is 0 Å². The van der Waals surface area contributed by atoms with Crippen LogP contribution in [0, 0.1) is 0 Å². The zero-order chi connectivity index (χ0) is 15.4. The smallest absolute Gasteiger partial charge is 0.338 e. The molecule has 0 radical (unpaired) electrons. The highest BCUT2D eigenvalue weighted by Gasteiger charge is 2.32. The maximum atomic E-state index is 11.9. The van der Waals surface area contributed by atoms with E-state index in [4.69, 9.17) is 5.11 Å². The lowest BCUT2D eigenvalue weighted by molar-refractivity contribution is -0.139. The number of carbonyl (C=O) groups is 3. The number of pyridine rings is 1. The maximum Gasteiger partial charge on any atom is 0.338 e. The second kappa shape index (κ2) is 6.21. The van der Waals surface area contributed by atoms with Gasteiger partial charge < -0.3 is 20.1 Å². The molecule has 1 aromatic rings. The van der Waals surface area contributed by atoms with Gasteiger partial charge in [0.05, 0.1) is 19.1 Å². The summed E-state index contributed by atoms with van der Waals surface area (Å²) in [5.74, 6) is -1.59. The van der Waals surface area contributed by atoms with Gasteiger partial charge in [0.2, 0.25) is 5.91 Å². The normalized spacial score (nSPS) is 18.0. The summed E-state index contributed by atoms with van der Waals surface area (Å²) in [7, 11) is 1.27. The summed E-state index contributed by atoms with van der Waals surface area (Å²) >= 11 is 0. The van der Waals surface area contributed by atoms with E-state index in [2.05, 4.69) is 15.0 Å². The van der Waals surface area contributed by atoms with E-state index in [-0.39, 0.29) is 12.3 Å². The van der Waals surface area contributed by atoms with Crippen LogP contribution in [0.2, 0.25) is 0 Å². The van der Waals surface area contributed by atoms with Crippen molar-refractivity contribution < 1.29 is 24.2 Å². The van der Waals surface area contributed by atoms with Crippen molar-refractivity contribution in [2.75, 3.05) is 25.1 Å². The zero-order valence-corrected chi connectivity index (χ0v) is 11.4. The Kier molecular flexibility index (Phi) is 4.36. The van der Waals surface area contributed by atoms with Crippen LogP contribution in [-0.2, 0) is 14.3 Å². The third-order valence-electron chi connectivity index (χ3n) is 3.16. The molecule has 0 bridgehead atoms. The number of amides is 1. The van der Waals surface area contributed by atoms with Crippen LogP contribution >= 0.6 is 0 Å². The minimum atomic E-state index is -1.08. The van der Waals surface area contributed by atoms with Crippen molar-refractivity contribution >= 4 is 23.7 Å². The number of ether oxygens (including phenoxy) is 1. The van der Waals surface area contributed by atoms with Gasteiger partial charge in [-0.2, -0.15) is 0 Å². The van der Waals surface area contributed by atoms with Gasteiger partial charge in [0, 0.05) is 19.3 Å². The van der Waals surface area contributed by atoms with E-state index in [0.717, 1.165) is 0 Å². The minimum Gasteiger partial charge on any atom is -0.481 e. The Bertz CT molecular complexity index is 575. The number of anilines is 1. The van der Waals surface area contributed by atoms with Crippen LogP contribution in [0.15, 0.2) is 18.3 Å². The summed E-state index contributed by atoms with van der Waals surface area (Å²) in [6, 6.07) is 2.13. The fourth-order valence-corrected chi connectivity index (χ4v) is 2.18. The van der Waals surface area contributed by atoms with Crippen LogP contribution in [0.3, 0.4) is 0 Å². The van der Waals surface area contributed by atoms with E-state index in [0.29, 0.717) is 24.5 Å². The highest BCUT2D eigenvalue weighted by molar-refractivity contribution is 5.92. The molecule has 1 saturated heterocycles. The summed E-state index contributed by atoms with van der Waals surface area (Å²) in [6.45, 7) is 0.806. The molecule has 0 spiro atoms. The van der Waals surface area contributed by atoms with Crippen LogP contribution < -0.4 is 10.2 Å². The number of piperazine rings is 1. The number of nitrogens with one attached hydrogen (secondary N) is 1. The molecule has 1 atom stereocenters. The molecule has 0 aliphatic carbocycles. The molecule has 1 aromatic heterocycles. The van der Waals surface area contributed by atoms with Gasteiger partial charge in [-0.1, -0.05) is 0 Å². The van der Waals surface area contributed by atoms with E-state index < -0.39 is 18.0 Å². The fourth-order valence-electron chi connectivity index (χ4n) is 2.18. The summed E-state index contributed by atoms with van der Waals surface area (Å²) < 4.78 is 4.63. The Morgan fingerprint density at radius 2 is 2.33 bits per heavy atom. The van der Waals surface area contributed by atoms with E-state index in [9.17, 15) is 14.4 Å². The first-order chi connectivity index (χ1) is 10.0. The topological polar surface area (TPSA) is 109 Å². The third kappa shape index (κ3) is 3.28. The van der Waals surface area contributed by atoms with Crippen molar-refractivity contribution in [2.24, 2.45) is 0 Å². The van der Waals surface area contributed by atoms with Crippen LogP contribution in [0.25, 0.3) is 0 Å². The Morgan fingerprint density at radius 1 is 1.57 bits per heavy atom. The number of hydrogen-bond acceptors (Lipinski definition) is 6. The van der Waals surface area contributed by atoms with E-state index in [1.807, 2.05) is 0 Å².